The van der Waals surface area contributed by atoms with Gasteiger partial charge < -0.3 is 14.2 Å². The van der Waals surface area contributed by atoms with Crippen molar-refractivity contribution < 1.29 is 9.53 Å². The van der Waals surface area contributed by atoms with Crippen LogP contribution < -0.4 is 4.74 Å². The molecule has 3 heterocycles. The molecule has 4 rings (SSSR count). The number of rotatable bonds is 2. The largest absolute Gasteiger partial charge is 0.439 e. The SMILES string of the molecule is CC(=O)N1CCc2c(ncnc2Oc2ccc3c(ccn3C)c2)C1. The number of amides is 1. The topological polar surface area (TPSA) is 60.3 Å². The van der Waals surface area contributed by atoms with Gasteiger partial charge in [-0.15, -0.1) is 0 Å². The standard InChI is InChI=1S/C18H18N4O2/c1-12(23)22-8-6-15-16(10-22)19-11-20-18(15)24-14-3-4-17-13(9-14)5-7-21(17)2/h3-5,7,9,11H,6,8,10H2,1-2H3. The van der Waals surface area contributed by atoms with Crippen LogP contribution >= 0.6 is 0 Å². The van der Waals surface area contributed by atoms with Crippen LogP contribution in [0.2, 0.25) is 0 Å². The van der Waals surface area contributed by atoms with Crippen LogP contribution in [0.5, 0.6) is 11.6 Å². The van der Waals surface area contributed by atoms with E-state index >= 15 is 0 Å². The highest BCUT2D eigenvalue weighted by atomic mass is 16.5. The summed E-state index contributed by atoms with van der Waals surface area (Å²) in [6.45, 7) is 2.77. The van der Waals surface area contributed by atoms with E-state index in [-0.39, 0.29) is 5.91 Å². The minimum absolute atomic E-state index is 0.0660. The fourth-order valence-corrected chi connectivity index (χ4v) is 3.12. The maximum absolute atomic E-state index is 11.6. The van der Waals surface area contributed by atoms with Crippen LogP contribution in [0, 0.1) is 0 Å². The van der Waals surface area contributed by atoms with Crippen LogP contribution in [-0.4, -0.2) is 31.9 Å². The van der Waals surface area contributed by atoms with Gasteiger partial charge in [-0.1, -0.05) is 0 Å². The van der Waals surface area contributed by atoms with Crippen molar-refractivity contribution in [3.8, 4) is 11.6 Å². The minimum atomic E-state index is 0.0660. The number of ether oxygens (including phenoxy) is 1. The van der Waals surface area contributed by atoms with Crippen molar-refractivity contribution in [1.82, 2.24) is 19.4 Å². The van der Waals surface area contributed by atoms with Crippen molar-refractivity contribution in [2.24, 2.45) is 7.05 Å². The molecule has 24 heavy (non-hydrogen) atoms. The van der Waals surface area contributed by atoms with Gasteiger partial charge in [-0.2, -0.15) is 0 Å². The third-order valence-corrected chi connectivity index (χ3v) is 4.48. The van der Waals surface area contributed by atoms with E-state index in [0.29, 0.717) is 25.4 Å². The van der Waals surface area contributed by atoms with Gasteiger partial charge in [0.2, 0.25) is 11.8 Å². The monoisotopic (exact) mass is 322 g/mol. The Kier molecular flexibility index (Phi) is 3.45. The molecular formula is C18H18N4O2. The van der Waals surface area contributed by atoms with Crippen LogP contribution in [0.25, 0.3) is 10.9 Å². The smallest absolute Gasteiger partial charge is 0.225 e. The van der Waals surface area contributed by atoms with Crippen LogP contribution in [0.3, 0.4) is 0 Å². The lowest BCUT2D eigenvalue weighted by Crippen LogP contribution is -2.35. The summed E-state index contributed by atoms with van der Waals surface area (Å²) in [6, 6.07) is 8.05. The van der Waals surface area contributed by atoms with Crippen molar-refractivity contribution in [2.45, 2.75) is 19.9 Å². The summed E-state index contributed by atoms with van der Waals surface area (Å²) in [5.41, 5.74) is 3.01. The summed E-state index contributed by atoms with van der Waals surface area (Å²) in [5.74, 6) is 1.40. The third kappa shape index (κ3) is 2.50. The highest BCUT2D eigenvalue weighted by molar-refractivity contribution is 5.81. The number of carbonyl (C=O) groups is 1. The van der Waals surface area contributed by atoms with Crippen molar-refractivity contribution in [3.63, 3.8) is 0 Å². The first kappa shape index (κ1) is 14.7. The molecule has 0 N–H and O–H groups in total. The molecule has 3 aromatic rings. The molecule has 0 spiro atoms. The number of benzene rings is 1. The second kappa shape index (κ2) is 5.63. The highest BCUT2D eigenvalue weighted by Crippen LogP contribution is 2.30. The van der Waals surface area contributed by atoms with Gasteiger partial charge >= 0.3 is 0 Å². The average Bonchev–Trinajstić information content (AvgIpc) is 2.95. The molecule has 0 saturated carbocycles. The molecule has 2 aromatic heterocycles. The lowest BCUT2D eigenvalue weighted by Gasteiger charge is -2.27. The molecule has 1 aromatic carbocycles. The molecule has 6 nitrogen and oxygen atoms in total. The fraction of sp³-hybridized carbons (Fsp3) is 0.278. The van der Waals surface area contributed by atoms with Gasteiger partial charge in [0.15, 0.2) is 0 Å². The Morgan fingerprint density at radius 3 is 2.96 bits per heavy atom. The van der Waals surface area contributed by atoms with E-state index in [4.69, 9.17) is 4.74 Å². The summed E-state index contributed by atoms with van der Waals surface area (Å²) in [5, 5.41) is 1.13. The Bertz CT molecular complexity index is 932. The molecule has 0 radical (unpaired) electrons. The predicted octanol–water partition coefficient (Wildman–Crippen LogP) is 2.67. The van der Waals surface area contributed by atoms with Crippen LogP contribution in [-0.2, 0) is 24.8 Å². The molecule has 0 fully saturated rings. The number of aryl methyl sites for hydroxylation is 1. The highest BCUT2D eigenvalue weighted by Gasteiger charge is 2.23. The van der Waals surface area contributed by atoms with Crippen molar-refractivity contribution in [3.05, 3.63) is 48.0 Å². The zero-order valence-corrected chi connectivity index (χ0v) is 13.7. The number of fused-ring (bicyclic) bond motifs is 2. The molecular weight excluding hydrogens is 304 g/mol. The van der Waals surface area contributed by atoms with Crippen molar-refractivity contribution in [2.75, 3.05) is 6.54 Å². The Morgan fingerprint density at radius 2 is 2.12 bits per heavy atom. The summed E-state index contributed by atoms with van der Waals surface area (Å²) in [7, 11) is 2.02. The average molecular weight is 322 g/mol. The Balaban J connectivity index is 1.65. The molecule has 1 aliphatic rings. The van der Waals surface area contributed by atoms with Gasteiger partial charge in [0.25, 0.3) is 0 Å². The molecule has 0 saturated heterocycles. The van der Waals surface area contributed by atoms with E-state index < -0.39 is 0 Å². The molecule has 122 valence electrons. The Hall–Kier alpha value is -2.89. The predicted molar refractivity (Wildman–Crippen MR) is 89.8 cm³/mol. The molecule has 6 heteroatoms. The van der Waals surface area contributed by atoms with E-state index in [9.17, 15) is 4.79 Å². The maximum atomic E-state index is 11.6. The third-order valence-electron chi connectivity index (χ3n) is 4.48. The first-order valence-electron chi connectivity index (χ1n) is 7.93. The number of hydrogen-bond acceptors (Lipinski definition) is 4. The fourth-order valence-electron chi connectivity index (χ4n) is 3.12. The van der Waals surface area contributed by atoms with Crippen LogP contribution in [0.4, 0.5) is 0 Å². The lowest BCUT2D eigenvalue weighted by atomic mass is 10.1. The van der Waals surface area contributed by atoms with Gasteiger partial charge in [-0.25, -0.2) is 9.97 Å². The summed E-state index contributed by atoms with van der Waals surface area (Å²) in [6.07, 6.45) is 4.23. The maximum Gasteiger partial charge on any atom is 0.225 e. The van der Waals surface area contributed by atoms with Gasteiger partial charge in [-0.3, -0.25) is 4.79 Å². The molecule has 0 atom stereocenters. The minimum Gasteiger partial charge on any atom is -0.439 e. The van der Waals surface area contributed by atoms with E-state index in [1.165, 1.54) is 6.33 Å². The van der Waals surface area contributed by atoms with Gasteiger partial charge in [-0.05, 0) is 30.7 Å². The van der Waals surface area contributed by atoms with Crippen LogP contribution in [0.1, 0.15) is 18.2 Å². The van der Waals surface area contributed by atoms with E-state index in [1.54, 1.807) is 11.8 Å². The zero-order chi connectivity index (χ0) is 16.7. The molecule has 1 aliphatic heterocycles. The second-order valence-corrected chi connectivity index (χ2v) is 6.04. The number of aromatic nitrogens is 3. The first-order chi connectivity index (χ1) is 11.6. The summed E-state index contributed by atoms with van der Waals surface area (Å²) in [4.78, 5) is 22.0. The molecule has 1 amide bonds. The number of carbonyl (C=O) groups excluding carboxylic acids is 1. The van der Waals surface area contributed by atoms with Gasteiger partial charge in [0.05, 0.1) is 12.2 Å². The van der Waals surface area contributed by atoms with Crippen LogP contribution in [0.15, 0.2) is 36.8 Å². The quantitative estimate of drug-likeness (QED) is 0.728. The normalized spacial score (nSPS) is 13.8. The number of hydrogen-bond donors (Lipinski definition) is 0. The van der Waals surface area contributed by atoms with E-state index in [0.717, 1.165) is 27.9 Å². The van der Waals surface area contributed by atoms with E-state index in [1.807, 2.05) is 31.4 Å². The molecule has 0 unspecified atom stereocenters. The summed E-state index contributed by atoms with van der Waals surface area (Å²) >= 11 is 0. The lowest BCUT2D eigenvalue weighted by molar-refractivity contribution is -0.129. The summed E-state index contributed by atoms with van der Waals surface area (Å²) < 4.78 is 8.10. The van der Waals surface area contributed by atoms with Crippen molar-refractivity contribution >= 4 is 16.8 Å². The second-order valence-electron chi connectivity index (χ2n) is 6.04. The van der Waals surface area contributed by atoms with Gasteiger partial charge in [0.1, 0.15) is 12.1 Å². The van der Waals surface area contributed by atoms with Gasteiger partial charge in [0, 0.05) is 43.2 Å². The Labute approximate surface area is 139 Å². The van der Waals surface area contributed by atoms with E-state index in [2.05, 4.69) is 20.6 Å². The zero-order valence-electron chi connectivity index (χ0n) is 13.7. The first-order valence-corrected chi connectivity index (χ1v) is 7.93. The molecule has 0 aliphatic carbocycles. The van der Waals surface area contributed by atoms with Crippen molar-refractivity contribution in [1.29, 1.82) is 0 Å². The number of nitrogens with zero attached hydrogens (tertiary/aromatic N) is 4. The Morgan fingerprint density at radius 1 is 1.25 bits per heavy atom. The molecule has 0 bridgehead atoms.